The van der Waals surface area contributed by atoms with E-state index < -0.39 is 10.9 Å². The van der Waals surface area contributed by atoms with Crippen LogP contribution >= 0.6 is 0 Å². The average Bonchev–Trinajstić information content (AvgIpc) is 3.21. The van der Waals surface area contributed by atoms with Crippen molar-refractivity contribution in [3.63, 3.8) is 0 Å². The molecule has 0 aromatic heterocycles. The Labute approximate surface area is 158 Å². The smallest absolute Gasteiger partial charge is 0.253 e. The van der Waals surface area contributed by atoms with Crippen LogP contribution in [0, 0.1) is 0 Å². The highest BCUT2D eigenvalue weighted by molar-refractivity contribution is 5.79. The van der Waals surface area contributed by atoms with E-state index in [1.165, 1.54) is 11.1 Å². The van der Waals surface area contributed by atoms with Crippen molar-refractivity contribution in [2.24, 2.45) is 0 Å². The summed E-state index contributed by atoms with van der Waals surface area (Å²) in [5.41, 5.74) is 2.56. The molecule has 2 aromatic carbocycles. The van der Waals surface area contributed by atoms with Gasteiger partial charge in [0.1, 0.15) is 11.4 Å². The van der Waals surface area contributed by atoms with E-state index in [4.69, 9.17) is 0 Å². The fourth-order valence-electron chi connectivity index (χ4n) is 4.26. The van der Waals surface area contributed by atoms with Crippen LogP contribution in [0.15, 0.2) is 33.9 Å². The quantitative estimate of drug-likeness (QED) is 0.762. The van der Waals surface area contributed by atoms with Crippen LogP contribution in [0.25, 0.3) is 0 Å². The van der Waals surface area contributed by atoms with Gasteiger partial charge in [-0.05, 0) is 43.2 Å². The predicted octanol–water partition coefficient (Wildman–Crippen LogP) is 1.88. The third-order valence-corrected chi connectivity index (χ3v) is 5.67. The number of rotatable bonds is 6. The third kappa shape index (κ3) is 3.48. The Kier molecular flexibility index (Phi) is 4.97. The summed E-state index contributed by atoms with van der Waals surface area (Å²) in [6.07, 6.45) is 5.45. The minimum absolute atomic E-state index is 0.0365. The molecule has 4 rings (SSSR count). The molecule has 0 saturated carbocycles. The lowest BCUT2D eigenvalue weighted by Crippen LogP contribution is -2.42. The SMILES string of the molecule is O=C(CCNc1c(N2CCCC2)c(=O)c1=O)NC1CCCc2ccccc21. The van der Waals surface area contributed by atoms with Gasteiger partial charge in [-0.3, -0.25) is 14.4 Å². The van der Waals surface area contributed by atoms with Crippen LogP contribution in [0.4, 0.5) is 11.4 Å². The molecule has 142 valence electrons. The fourth-order valence-corrected chi connectivity index (χ4v) is 4.26. The van der Waals surface area contributed by atoms with Gasteiger partial charge >= 0.3 is 0 Å². The van der Waals surface area contributed by atoms with Crippen molar-refractivity contribution in [2.45, 2.75) is 44.6 Å². The van der Waals surface area contributed by atoms with Gasteiger partial charge in [0.15, 0.2) is 0 Å². The van der Waals surface area contributed by atoms with Gasteiger partial charge in [0.25, 0.3) is 10.9 Å². The van der Waals surface area contributed by atoms with E-state index in [0.717, 1.165) is 45.2 Å². The van der Waals surface area contributed by atoms with Crippen LogP contribution in [-0.2, 0) is 11.2 Å². The van der Waals surface area contributed by atoms with Crippen LogP contribution < -0.4 is 26.4 Å². The summed E-state index contributed by atoms with van der Waals surface area (Å²) in [4.78, 5) is 38.1. The summed E-state index contributed by atoms with van der Waals surface area (Å²) in [6, 6.07) is 8.32. The second-order valence-electron chi connectivity index (χ2n) is 7.46. The lowest BCUT2D eigenvalue weighted by Gasteiger charge is -2.26. The highest BCUT2D eigenvalue weighted by Gasteiger charge is 2.27. The first-order valence-electron chi connectivity index (χ1n) is 9.84. The zero-order valence-electron chi connectivity index (χ0n) is 15.4. The second kappa shape index (κ2) is 7.55. The van der Waals surface area contributed by atoms with Crippen LogP contribution in [0.3, 0.4) is 0 Å². The Balaban J connectivity index is 1.32. The minimum Gasteiger partial charge on any atom is -0.379 e. The molecule has 27 heavy (non-hydrogen) atoms. The first kappa shape index (κ1) is 17.8. The maximum Gasteiger partial charge on any atom is 0.253 e. The van der Waals surface area contributed by atoms with E-state index in [0.29, 0.717) is 17.9 Å². The third-order valence-electron chi connectivity index (χ3n) is 5.67. The molecule has 2 aromatic rings. The summed E-state index contributed by atoms with van der Waals surface area (Å²) in [5.74, 6) is -0.0365. The van der Waals surface area contributed by atoms with E-state index in [9.17, 15) is 14.4 Å². The molecule has 6 heteroatoms. The van der Waals surface area contributed by atoms with Crippen molar-refractivity contribution in [3.05, 3.63) is 55.8 Å². The average molecular weight is 367 g/mol. The molecule has 0 spiro atoms. The number of benzene rings is 1. The summed E-state index contributed by atoms with van der Waals surface area (Å²) in [5, 5.41) is 6.13. The van der Waals surface area contributed by atoms with Crippen molar-refractivity contribution < 1.29 is 4.79 Å². The number of amides is 1. The molecule has 2 N–H and O–H groups in total. The molecule has 1 aliphatic carbocycles. The summed E-state index contributed by atoms with van der Waals surface area (Å²) in [7, 11) is 0. The summed E-state index contributed by atoms with van der Waals surface area (Å²) < 4.78 is 0. The highest BCUT2D eigenvalue weighted by atomic mass is 16.2. The van der Waals surface area contributed by atoms with Crippen molar-refractivity contribution in [1.29, 1.82) is 0 Å². The second-order valence-corrected chi connectivity index (χ2v) is 7.46. The number of hydrogen-bond donors (Lipinski definition) is 2. The minimum atomic E-state index is -0.460. The molecule has 6 nitrogen and oxygen atoms in total. The lowest BCUT2D eigenvalue weighted by atomic mass is 9.88. The standard InChI is InChI=1S/C21H25N3O3/c25-17(23-16-9-5-7-14-6-1-2-8-15(14)16)10-11-22-18-19(21(27)20(18)26)24-12-3-4-13-24/h1-2,6,8,16,22H,3-5,7,9-13H2,(H,23,25). The van der Waals surface area contributed by atoms with Gasteiger partial charge in [-0.2, -0.15) is 0 Å². The van der Waals surface area contributed by atoms with Crippen LogP contribution in [0.1, 0.15) is 49.3 Å². The van der Waals surface area contributed by atoms with Gasteiger partial charge in [-0.15, -0.1) is 0 Å². The maximum atomic E-state index is 12.4. The maximum absolute atomic E-state index is 12.4. The van der Waals surface area contributed by atoms with Gasteiger partial charge in [0.2, 0.25) is 5.91 Å². The molecule has 2 aliphatic rings. The molecule has 0 radical (unpaired) electrons. The molecule has 0 bridgehead atoms. The normalized spacial score (nSPS) is 19.1. The van der Waals surface area contributed by atoms with Gasteiger partial charge < -0.3 is 15.5 Å². The molecule has 1 atom stereocenters. The number of hydrogen-bond acceptors (Lipinski definition) is 5. The highest BCUT2D eigenvalue weighted by Crippen LogP contribution is 2.29. The Hall–Kier alpha value is -2.63. The van der Waals surface area contributed by atoms with E-state index in [1.54, 1.807) is 0 Å². The van der Waals surface area contributed by atoms with Gasteiger partial charge in [-0.1, -0.05) is 24.3 Å². The molecule has 1 fully saturated rings. The monoisotopic (exact) mass is 367 g/mol. The van der Waals surface area contributed by atoms with Crippen LogP contribution in [0.2, 0.25) is 0 Å². The number of anilines is 2. The molecular formula is C21H25N3O3. The fraction of sp³-hybridized carbons (Fsp3) is 0.476. The topological polar surface area (TPSA) is 78.5 Å². The Morgan fingerprint density at radius 3 is 2.67 bits per heavy atom. The van der Waals surface area contributed by atoms with Crippen molar-refractivity contribution >= 4 is 17.3 Å². The number of fused-ring (bicyclic) bond motifs is 1. The Bertz CT molecular complexity index is 908. The molecule has 1 saturated heterocycles. The molecular weight excluding hydrogens is 342 g/mol. The van der Waals surface area contributed by atoms with Crippen molar-refractivity contribution in [3.8, 4) is 0 Å². The zero-order chi connectivity index (χ0) is 18.8. The molecule has 1 heterocycles. The lowest BCUT2D eigenvalue weighted by molar-refractivity contribution is -0.121. The van der Waals surface area contributed by atoms with Gasteiger partial charge in [0.05, 0.1) is 6.04 Å². The van der Waals surface area contributed by atoms with Gasteiger partial charge in [0, 0.05) is 26.1 Å². The molecule has 1 aliphatic heterocycles. The van der Waals surface area contributed by atoms with Crippen molar-refractivity contribution in [1.82, 2.24) is 5.32 Å². The summed E-state index contributed by atoms with van der Waals surface area (Å²) >= 11 is 0. The first-order valence-corrected chi connectivity index (χ1v) is 9.84. The van der Waals surface area contributed by atoms with E-state index in [-0.39, 0.29) is 18.4 Å². The van der Waals surface area contributed by atoms with E-state index >= 15 is 0 Å². The van der Waals surface area contributed by atoms with Crippen LogP contribution in [0.5, 0.6) is 0 Å². The van der Waals surface area contributed by atoms with E-state index in [2.05, 4.69) is 22.8 Å². The predicted molar refractivity (Wildman–Crippen MR) is 106 cm³/mol. The van der Waals surface area contributed by atoms with Crippen LogP contribution in [-0.4, -0.2) is 25.5 Å². The summed E-state index contributed by atoms with van der Waals surface area (Å²) in [6.45, 7) is 1.99. The van der Waals surface area contributed by atoms with Crippen molar-refractivity contribution in [2.75, 3.05) is 29.9 Å². The largest absolute Gasteiger partial charge is 0.379 e. The number of aryl methyl sites for hydroxylation is 1. The van der Waals surface area contributed by atoms with Gasteiger partial charge in [-0.25, -0.2) is 0 Å². The number of nitrogens with zero attached hydrogens (tertiary/aromatic N) is 1. The van der Waals surface area contributed by atoms with E-state index in [1.807, 2.05) is 17.0 Å². The Morgan fingerprint density at radius 1 is 1.07 bits per heavy atom. The zero-order valence-corrected chi connectivity index (χ0v) is 15.4. The first-order chi connectivity index (χ1) is 13.1. The number of carbonyl (C=O) groups is 1. The number of nitrogens with one attached hydrogen (secondary N) is 2. The molecule has 1 unspecified atom stereocenters. The Morgan fingerprint density at radius 2 is 1.85 bits per heavy atom. The molecule has 1 amide bonds. The number of carbonyl (C=O) groups excluding carboxylic acids is 1.